The van der Waals surface area contributed by atoms with Gasteiger partial charge in [0.1, 0.15) is 11.6 Å². The van der Waals surface area contributed by atoms with E-state index >= 15 is 0 Å². The van der Waals surface area contributed by atoms with E-state index in [4.69, 9.17) is 5.11 Å². The number of nitrogens with zero attached hydrogens (tertiary/aromatic N) is 2. The fraction of sp³-hybridized carbons (Fsp3) is 0.462. The van der Waals surface area contributed by atoms with Crippen LogP contribution in [-0.2, 0) is 13.0 Å². The molecule has 0 radical (unpaired) electrons. The standard InChI is InChI=1S/C13H18FN3O/c1-2-15-6-5-13-16-11-9-10(14)3-4-12(11)17(13)7-8-18/h3-4,9,15,18H,2,5-8H2,1H3. The van der Waals surface area contributed by atoms with E-state index in [2.05, 4.69) is 10.3 Å². The topological polar surface area (TPSA) is 50.1 Å². The maximum absolute atomic E-state index is 13.2. The van der Waals surface area contributed by atoms with E-state index in [1.807, 2.05) is 11.5 Å². The highest BCUT2D eigenvalue weighted by molar-refractivity contribution is 5.76. The van der Waals surface area contributed by atoms with Gasteiger partial charge in [-0.2, -0.15) is 0 Å². The summed E-state index contributed by atoms with van der Waals surface area (Å²) in [4.78, 5) is 4.44. The molecule has 2 aromatic rings. The summed E-state index contributed by atoms with van der Waals surface area (Å²) in [6, 6.07) is 4.57. The molecule has 0 atom stereocenters. The molecule has 0 amide bonds. The Bertz CT molecular complexity index is 524. The summed E-state index contributed by atoms with van der Waals surface area (Å²) in [5, 5.41) is 12.3. The van der Waals surface area contributed by atoms with Gasteiger partial charge in [0.25, 0.3) is 0 Å². The predicted molar refractivity (Wildman–Crippen MR) is 69.0 cm³/mol. The minimum atomic E-state index is -0.283. The molecule has 98 valence electrons. The average Bonchev–Trinajstić information content (AvgIpc) is 2.68. The van der Waals surface area contributed by atoms with Gasteiger partial charge < -0.3 is 15.0 Å². The van der Waals surface area contributed by atoms with Crippen LogP contribution in [-0.4, -0.2) is 34.4 Å². The number of benzene rings is 1. The Morgan fingerprint density at radius 2 is 2.28 bits per heavy atom. The molecule has 5 heteroatoms. The van der Waals surface area contributed by atoms with Gasteiger partial charge in [0.05, 0.1) is 17.6 Å². The predicted octanol–water partition coefficient (Wildman–Crippen LogP) is 1.32. The van der Waals surface area contributed by atoms with Crippen LogP contribution in [0.2, 0.25) is 0 Å². The van der Waals surface area contributed by atoms with Crippen LogP contribution in [0.4, 0.5) is 4.39 Å². The average molecular weight is 251 g/mol. The monoisotopic (exact) mass is 251 g/mol. The molecule has 0 aliphatic heterocycles. The molecule has 0 aliphatic carbocycles. The number of aliphatic hydroxyl groups is 1. The van der Waals surface area contributed by atoms with Crippen molar-refractivity contribution in [1.29, 1.82) is 0 Å². The molecule has 2 rings (SSSR count). The third-order valence-electron chi connectivity index (χ3n) is 2.89. The lowest BCUT2D eigenvalue weighted by Gasteiger charge is -2.07. The van der Waals surface area contributed by atoms with Crippen molar-refractivity contribution in [2.75, 3.05) is 19.7 Å². The van der Waals surface area contributed by atoms with Crippen molar-refractivity contribution in [2.24, 2.45) is 0 Å². The summed E-state index contributed by atoms with van der Waals surface area (Å²) in [6.45, 7) is 4.33. The number of halogens is 1. The van der Waals surface area contributed by atoms with E-state index in [-0.39, 0.29) is 12.4 Å². The molecule has 0 aliphatic rings. The molecule has 1 aromatic carbocycles. The molecular formula is C13H18FN3O. The van der Waals surface area contributed by atoms with Crippen molar-refractivity contribution in [3.63, 3.8) is 0 Å². The number of fused-ring (bicyclic) bond motifs is 1. The molecule has 1 aromatic heterocycles. The zero-order valence-corrected chi connectivity index (χ0v) is 10.5. The normalized spacial score (nSPS) is 11.3. The summed E-state index contributed by atoms with van der Waals surface area (Å²) in [5.74, 6) is 0.597. The fourth-order valence-corrected chi connectivity index (χ4v) is 2.07. The number of imidazole rings is 1. The molecule has 1 heterocycles. The Kier molecular flexibility index (Phi) is 4.28. The second kappa shape index (κ2) is 5.93. The van der Waals surface area contributed by atoms with Crippen molar-refractivity contribution in [3.05, 3.63) is 29.8 Å². The third kappa shape index (κ3) is 2.68. The zero-order chi connectivity index (χ0) is 13.0. The first-order chi connectivity index (χ1) is 8.76. The van der Waals surface area contributed by atoms with Gasteiger partial charge in [-0.1, -0.05) is 6.92 Å². The summed E-state index contributed by atoms with van der Waals surface area (Å²) < 4.78 is 15.1. The third-order valence-corrected chi connectivity index (χ3v) is 2.89. The first-order valence-corrected chi connectivity index (χ1v) is 6.22. The van der Waals surface area contributed by atoms with E-state index in [9.17, 15) is 4.39 Å². The van der Waals surface area contributed by atoms with E-state index in [1.165, 1.54) is 12.1 Å². The van der Waals surface area contributed by atoms with E-state index in [1.54, 1.807) is 6.07 Å². The van der Waals surface area contributed by atoms with Gasteiger partial charge in [-0.3, -0.25) is 0 Å². The van der Waals surface area contributed by atoms with Crippen molar-refractivity contribution in [2.45, 2.75) is 19.9 Å². The van der Waals surface area contributed by atoms with Crippen LogP contribution in [0.5, 0.6) is 0 Å². The van der Waals surface area contributed by atoms with Crippen molar-refractivity contribution >= 4 is 11.0 Å². The number of nitrogens with one attached hydrogen (secondary N) is 1. The molecule has 18 heavy (non-hydrogen) atoms. The van der Waals surface area contributed by atoms with Crippen LogP contribution in [0.25, 0.3) is 11.0 Å². The van der Waals surface area contributed by atoms with Crippen molar-refractivity contribution in [1.82, 2.24) is 14.9 Å². The number of rotatable bonds is 6. The first kappa shape index (κ1) is 13.0. The quantitative estimate of drug-likeness (QED) is 0.761. The Balaban J connectivity index is 2.34. The van der Waals surface area contributed by atoms with Crippen LogP contribution in [0, 0.1) is 5.82 Å². The van der Waals surface area contributed by atoms with Crippen molar-refractivity contribution < 1.29 is 9.50 Å². The second-order valence-electron chi connectivity index (χ2n) is 4.14. The molecule has 4 nitrogen and oxygen atoms in total. The molecule has 0 fully saturated rings. The lowest BCUT2D eigenvalue weighted by atomic mass is 10.3. The number of aromatic nitrogens is 2. The number of hydrogen-bond acceptors (Lipinski definition) is 3. The Labute approximate surface area is 105 Å². The molecule has 0 bridgehead atoms. The van der Waals surface area contributed by atoms with Crippen LogP contribution < -0.4 is 5.32 Å². The summed E-state index contributed by atoms with van der Waals surface area (Å²) in [5.41, 5.74) is 1.52. The van der Waals surface area contributed by atoms with Crippen LogP contribution in [0.1, 0.15) is 12.7 Å². The number of likely N-dealkylation sites (N-methyl/N-ethyl adjacent to an activating group) is 1. The number of hydrogen-bond donors (Lipinski definition) is 2. The maximum Gasteiger partial charge on any atom is 0.125 e. The molecule has 0 spiro atoms. The number of aliphatic hydroxyl groups excluding tert-OH is 1. The van der Waals surface area contributed by atoms with Gasteiger partial charge in [0, 0.05) is 25.6 Å². The van der Waals surface area contributed by atoms with Gasteiger partial charge in [-0.05, 0) is 18.7 Å². The molecule has 0 saturated heterocycles. The summed E-state index contributed by atoms with van der Waals surface area (Å²) in [6.07, 6.45) is 0.768. The van der Waals surface area contributed by atoms with Crippen LogP contribution >= 0.6 is 0 Å². The Hall–Kier alpha value is -1.46. The van der Waals surface area contributed by atoms with Gasteiger partial charge in [-0.15, -0.1) is 0 Å². The van der Waals surface area contributed by atoms with E-state index < -0.39 is 0 Å². The highest BCUT2D eigenvalue weighted by atomic mass is 19.1. The van der Waals surface area contributed by atoms with E-state index in [0.717, 1.165) is 30.9 Å². The first-order valence-electron chi connectivity index (χ1n) is 6.22. The Morgan fingerprint density at radius 1 is 1.44 bits per heavy atom. The Morgan fingerprint density at radius 3 is 3.00 bits per heavy atom. The van der Waals surface area contributed by atoms with Crippen LogP contribution in [0.3, 0.4) is 0 Å². The fourth-order valence-electron chi connectivity index (χ4n) is 2.07. The van der Waals surface area contributed by atoms with Gasteiger partial charge in [0.2, 0.25) is 0 Å². The minimum absolute atomic E-state index is 0.0526. The van der Waals surface area contributed by atoms with Crippen LogP contribution in [0.15, 0.2) is 18.2 Å². The van der Waals surface area contributed by atoms with Gasteiger partial charge in [-0.25, -0.2) is 9.37 Å². The lowest BCUT2D eigenvalue weighted by Crippen LogP contribution is -2.18. The largest absolute Gasteiger partial charge is 0.395 e. The molecular weight excluding hydrogens is 233 g/mol. The highest BCUT2D eigenvalue weighted by Crippen LogP contribution is 2.17. The molecule has 0 unspecified atom stereocenters. The smallest absolute Gasteiger partial charge is 0.125 e. The van der Waals surface area contributed by atoms with Crippen molar-refractivity contribution in [3.8, 4) is 0 Å². The summed E-state index contributed by atoms with van der Waals surface area (Å²) >= 11 is 0. The maximum atomic E-state index is 13.2. The van der Waals surface area contributed by atoms with Gasteiger partial charge >= 0.3 is 0 Å². The zero-order valence-electron chi connectivity index (χ0n) is 10.5. The SMILES string of the molecule is CCNCCc1nc2cc(F)ccc2n1CCO. The highest BCUT2D eigenvalue weighted by Gasteiger charge is 2.10. The summed E-state index contributed by atoms with van der Waals surface area (Å²) in [7, 11) is 0. The molecule has 0 saturated carbocycles. The minimum Gasteiger partial charge on any atom is -0.395 e. The second-order valence-corrected chi connectivity index (χ2v) is 4.14. The molecule has 2 N–H and O–H groups in total. The van der Waals surface area contributed by atoms with Gasteiger partial charge in [0.15, 0.2) is 0 Å². The van der Waals surface area contributed by atoms with E-state index in [0.29, 0.717) is 12.1 Å². The lowest BCUT2D eigenvalue weighted by molar-refractivity contribution is 0.276.